The lowest BCUT2D eigenvalue weighted by atomic mass is 9.96. The topological polar surface area (TPSA) is 60.9 Å². The van der Waals surface area contributed by atoms with Gasteiger partial charge in [-0.1, -0.05) is 73.5 Å². The molecular weight excluding hydrogens is 458 g/mol. The molecule has 0 spiro atoms. The second-order valence-electron chi connectivity index (χ2n) is 10.3. The standard InChI is InChI=1S/C28H37N3O3S/c32-27(31(25-13-7-8-14-25)26-15-20-35(33,34)22-26)21-29-16-18-30(19-17-29)28(23-9-3-1-4-10-23)24-11-5-2-6-12-24/h1-6,9-12,25-26,28H,7-8,13-22H2. The van der Waals surface area contributed by atoms with Crippen LogP contribution in [0.1, 0.15) is 49.3 Å². The molecule has 7 heteroatoms. The normalized spacial score (nSPS) is 23.6. The maximum atomic E-state index is 13.5. The van der Waals surface area contributed by atoms with Gasteiger partial charge < -0.3 is 4.90 Å². The van der Waals surface area contributed by atoms with Crippen LogP contribution in [0.5, 0.6) is 0 Å². The molecule has 1 saturated carbocycles. The Balaban J connectivity index is 1.25. The third-order valence-electron chi connectivity index (χ3n) is 7.97. The summed E-state index contributed by atoms with van der Waals surface area (Å²) < 4.78 is 24.3. The fourth-order valence-electron chi connectivity index (χ4n) is 6.22. The SMILES string of the molecule is O=C(CN1CCN(C(c2ccccc2)c2ccccc2)CC1)N(C1CCCC1)C1CCS(=O)(=O)C1. The highest BCUT2D eigenvalue weighted by molar-refractivity contribution is 7.91. The van der Waals surface area contributed by atoms with E-state index in [1.807, 2.05) is 4.90 Å². The van der Waals surface area contributed by atoms with Gasteiger partial charge in [0.25, 0.3) is 0 Å². The molecule has 0 N–H and O–H groups in total. The van der Waals surface area contributed by atoms with E-state index >= 15 is 0 Å². The van der Waals surface area contributed by atoms with Gasteiger partial charge in [0.15, 0.2) is 9.84 Å². The molecule has 3 fully saturated rings. The van der Waals surface area contributed by atoms with Gasteiger partial charge in [-0.3, -0.25) is 14.6 Å². The van der Waals surface area contributed by atoms with Crippen molar-refractivity contribution in [2.45, 2.75) is 50.2 Å². The van der Waals surface area contributed by atoms with Gasteiger partial charge in [-0.05, 0) is 30.4 Å². The van der Waals surface area contributed by atoms with Crippen molar-refractivity contribution in [3.63, 3.8) is 0 Å². The summed E-state index contributed by atoms with van der Waals surface area (Å²) in [6, 6.07) is 21.6. The highest BCUT2D eigenvalue weighted by Crippen LogP contribution is 2.31. The van der Waals surface area contributed by atoms with Crippen molar-refractivity contribution in [1.82, 2.24) is 14.7 Å². The minimum atomic E-state index is -3.02. The zero-order valence-corrected chi connectivity index (χ0v) is 21.3. The Hall–Kier alpha value is -2.22. The first-order valence-corrected chi connectivity index (χ1v) is 14.9. The quantitative estimate of drug-likeness (QED) is 0.590. The van der Waals surface area contributed by atoms with Crippen LogP contribution in [-0.2, 0) is 14.6 Å². The Morgan fingerprint density at radius 2 is 1.40 bits per heavy atom. The minimum absolute atomic E-state index is 0.120. The molecule has 3 aliphatic rings. The largest absolute Gasteiger partial charge is 0.335 e. The molecule has 188 valence electrons. The fourth-order valence-corrected chi connectivity index (χ4v) is 7.93. The van der Waals surface area contributed by atoms with E-state index in [0.29, 0.717) is 13.0 Å². The Bertz CT molecular complexity index is 1040. The smallest absolute Gasteiger partial charge is 0.237 e. The number of carbonyl (C=O) groups excluding carboxylic acids is 1. The van der Waals surface area contributed by atoms with Crippen LogP contribution in [0, 0.1) is 0 Å². The number of sulfone groups is 1. The molecule has 1 aliphatic carbocycles. The summed E-state index contributed by atoms with van der Waals surface area (Å²) in [5.74, 6) is 0.474. The van der Waals surface area contributed by atoms with Crippen molar-refractivity contribution in [3.05, 3.63) is 71.8 Å². The highest BCUT2D eigenvalue weighted by atomic mass is 32.2. The first-order valence-electron chi connectivity index (χ1n) is 13.1. The lowest BCUT2D eigenvalue weighted by Crippen LogP contribution is -2.54. The molecule has 2 aliphatic heterocycles. The monoisotopic (exact) mass is 495 g/mol. The van der Waals surface area contributed by atoms with Gasteiger partial charge in [0.05, 0.1) is 24.1 Å². The first kappa shape index (κ1) is 24.5. The van der Waals surface area contributed by atoms with Gasteiger partial charge >= 0.3 is 0 Å². The van der Waals surface area contributed by atoms with Crippen LogP contribution in [0.3, 0.4) is 0 Å². The lowest BCUT2D eigenvalue weighted by Gasteiger charge is -2.41. The van der Waals surface area contributed by atoms with E-state index < -0.39 is 9.84 Å². The molecule has 0 radical (unpaired) electrons. The van der Waals surface area contributed by atoms with Crippen LogP contribution in [0.2, 0.25) is 0 Å². The predicted octanol–water partition coefficient (Wildman–Crippen LogP) is 3.35. The average Bonchev–Trinajstić information content (AvgIpc) is 3.52. The molecule has 0 bridgehead atoms. The van der Waals surface area contributed by atoms with Crippen molar-refractivity contribution >= 4 is 15.7 Å². The molecule has 1 atom stereocenters. The van der Waals surface area contributed by atoms with E-state index in [1.165, 1.54) is 11.1 Å². The number of benzene rings is 2. The summed E-state index contributed by atoms with van der Waals surface area (Å²) in [6.45, 7) is 3.85. The Kier molecular flexibility index (Phi) is 7.56. The summed E-state index contributed by atoms with van der Waals surface area (Å²) in [7, 11) is -3.02. The Morgan fingerprint density at radius 3 is 1.91 bits per heavy atom. The van der Waals surface area contributed by atoms with Crippen molar-refractivity contribution in [2.75, 3.05) is 44.2 Å². The number of rotatable bonds is 7. The molecular formula is C28H37N3O3S. The van der Waals surface area contributed by atoms with E-state index in [-0.39, 0.29) is 35.5 Å². The molecule has 6 nitrogen and oxygen atoms in total. The summed E-state index contributed by atoms with van der Waals surface area (Å²) in [6.07, 6.45) is 4.87. The van der Waals surface area contributed by atoms with Gasteiger partial charge in [-0.25, -0.2) is 8.42 Å². The van der Waals surface area contributed by atoms with Crippen LogP contribution in [0.4, 0.5) is 0 Å². The number of carbonyl (C=O) groups is 1. The highest BCUT2D eigenvalue weighted by Gasteiger charge is 2.39. The number of piperazine rings is 1. The Labute approximate surface area is 209 Å². The lowest BCUT2D eigenvalue weighted by molar-refractivity contribution is -0.137. The van der Waals surface area contributed by atoms with E-state index in [9.17, 15) is 13.2 Å². The van der Waals surface area contributed by atoms with Crippen LogP contribution < -0.4 is 0 Å². The molecule has 0 aromatic heterocycles. The zero-order valence-electron chi connectivity index (χ0n) is 20.5. The van der Waals surface area contributed by atoms with Gasteiger partial charge in [0.1, 0.15) is 0 Å². The summed E-state index contributed by atoms with van der Waals surface area (Å²) >= 11 is 0. The number of amides is 1. The first-order chi connectivity index (χ1) is 17.0. The Morgan fingerprint density at radius 1 is 0.829 bits per heavy atom. The summed E-state index contributed by atoms with van der Waals surface area (Å²) in [5, 5.41) is 0. The van der Waals surface area contributed by atoms with Crippen LogP contribution in [0.25, 0.3) is 0 Å². The van der Waals surface area contributed by atoms with Crippen molar-refractivity contribution in [2.24, 2.45) is 0 Å². The average molecular weight is 496 g/mol. The predicted molar refractivity (Wildman–Crippen MR) is 139 cm³/mol. The van der Waals surface area contributed by atoms with Gasteiger partial charge in [-0.2, -0.15) is 0 Å². The van der Waals surface area contributed by atoms with Gasteiger partial charge in [-0.15, -0.1) is 0 Å². The third-order valence-corrected chi connectivity index (χ3v) is 9.72. The zero-order chi connectivity index (χ0) is 24.3. The second-order valence-corrected chi connectivity index (χ2v) is 12.6. The van der Waals surface area contributed by atoms with Crippen molar-refractivity contribution in [1.29, 1.82) is 0 Å². The minimum Gasteiger partial charge on any atom is -0.335 e. The maximum Gasteiger partial charge on any atom is 0.237 e. The van der Waals surface area contributed by atoms with E-state index in [0.717, 1.165) is 51.9 Å². The van der Waals surface area contributed by atoms with Crippen LogP contribution >= 0.6 is 0 Å². The van der Waals surface area contributed by atoms with E-state index in [4.69, 9.17) is 0 Å². The van der Waals surface area contributed by atoms with Crippen LogP contribution in [-0.4, -0.2) is 85.3 Å². The summed E-state index contributed by atoms with van der Waals surface area (Å²) in [4.78, 5) is 20.3. The molecule has 1 amide bonds. The second kappa shape index (κ2) is 10.8. The van der Waals surface area contributed by atoms with E-state index in [2.05, 4.69) is 70.5 Å². The van der Waals surface area contributed by atoms with Crippen molar-refractivity contribution in [3.8, 4) is 0 Å². The molecule has 2 saturated heterocycles. The maximum absolute atomic E-state index is 13.5. The van der Waals surface area contributed by atoms with E-state index in [1.54, 1.807) is 0 Å². The van der Waals surface area contributed by atoms with Crippen LogP contribution in [0.15, 0.2) is 60.7 Å². The number of hydrogen-bond acceptors (Lipinski definition) is 5. The molecule has 35 heavy (non-hydrogen) atoms. The molecule has 5 rings (SSSR count). The van der Waals surface area contributed by atoms with Gasteiger partial charge in [0.2, 0.25) is 5.91 Å². The molecule has 1 unspecified atom stereocenters. The molecule has 2 heterocycles. The molecule has 2 aromatic rings. The summed E-state index contributed by atoms with van der Waals surface area (Å²) in [5.41, 5.74) is 2.58. The fraction of sp³-hybridized carbons (Fsp3) is 0.536. The number of hydrogen-bond donors (Lipinski definition) is 0. The number of nitrogens with zero attached hydrogens (tertiary/aromatic N) is 3. The van der Waals surface area contributed by atoms with Gasteiger partial charge in [0, 0.05) is 38.3 Å². The molecule has 2 aromatic carbocycles. The third kappa shape index (κ3) is 5.79. The van der Waals surface area contributed by atoms with Crippen molar-refractivity contribution < 1.29 is 13.2 Å².